The first-order valence-electron chi connectivity index (χ1n) is 8.83. The second-order valence-electron chi connectivity index (χ2n) is 6.50. The molecule has 6 nitrogen and oxygen atoms in total. The lowest BCUT2D eigenvalue weighted by molar-refractivity contribution is -0.119. The molecule has 1 aliphatic heterocycles. The van der Waals surface area contributed by atoms with Crippen LogP contribution < -0.4 is 5.32 Å². The van der Waals surface area contributed by atoms with Gasteiger partial charge in [-0.1, -0.05) is 30.0 Å². The van der Waals surface area contributed by atoms with Crippen LogP contribution in [-0.2, 0) is 9.53 Å². The van der Waals surface area contributed by atoms with Gasteiger partial charge in [-0.2, -0.15) is 0 Å². The maximum atomic E-state index is 12.0. The van der Waals surface area contributed by atoms with E-state index in [1.54, 1.807) is 0 Å². The minimum absolute atomic E-state index is 0.00420. The van der Waals surface area contributed by atoms with Crippen LogP contribution in [0.4, 0.5) is 0 Å². The molecule has 2 aromatic rings. The standard InChI is InChI=1S/C18H22N4O2S/c23-16(19-11-15-7-4-10-24-15)12-25-18-20-17(13-8-9-13)22(21-18)14-5-2-1-3-6-14/h1-3,5-6,13,15H,4,7-12H2,(H,19,23)/t15-/m1/s1. The first-order chi connectivity index (χ1) is 12.3. The van der Waals surface area contributed by atoms with Crippen LogP contribution >= 0.6 is 11.8 Å². The van der Waals surface area contributed by atoms with Crippen molar-refractivity contribution in [3.8, 4) is 5.69 Å². The minimum atomic E-state index is 0.00420. The van der Waals surface area contributed by atoms with Crippen molar-refractivity contribution in [2.75, 3.05) is 18.9 Å². The van der Waals surface area contributed by atoms with Crippen molar-refractivity contribution in [2.24, 2.45) is 0 Å². The maximum absolute atomic E-state index is 12.0. The lowest BCUT2D eigenvalue weighted by atomic mass is 10.2. The molecule has 0 radical (unpaired) electrons. The molecular weight excluding hydrogens is 336 g/mol. The molecule has 1 amide bonds. The van der Waals surface area contributed by atoms with Gasteiger partial charge < -0.3 is 10.1 Å². The number of amides is 1. The van der Waals surface area contributed by atoms with Gasteiger partial charge in [0.1, 0.15) is 5.82 Å². The maximum Gasteiger partial charge on any atom is 0.230 e. The molecular formula is C18H22N4O2S. The minimum Gasteiger partial charge on any atom is -0.376 e. The third kappa shape index (κ3) is 4.22. The zero-order valence-corrected chi connectivity index (χ0v) is 14.9. The molecule has 25 heavy (non-hydrogen) atoms. The summed E-state index contributed by atoms with van der Waals surface area (Å²) in [5.41, 5.74) is 1.02. The number of rotatable bonds is 7. The Labute approximate surface area is 151 Å². The van der Waals surface area contributed by atoms with E-state index < -0.39 is 0 Å². The van der Waals surface area contributed by atoms with Gasteiger partial charge in [-0.05, 0) is 37.8 Å². The Hall–Kier alpha value is -1.86. The largest absolute Gasteiger partial charge is 0.376 e. The number of aromatic nitrogens is 3. The molecule has 4 rings (SSSR count). The Morgan fingerprint density at radius 3 is 2.84 bits per heavy atom. The highest BCUT2D eigenvalue weighted by Crippen LogP contribution is 2.40. The van der Waals surface area contributed by atoms with Gasteiger partial charge in [0.25, 0.3) is 0 Å². The van der Waals surface area contributed by atoms with Crippen LogP contribution in [0.1, 0.15) is 37.4 Å². The van der Waals surface area contributed by atoms with Crippen LogP contribution in [0.3, 0.4) is 0 Å². The number of hydrogen-bond acceptors (Lipinski definition) is 5. The summed E-state index contributed by atoms with van der Waals surface area (Å²) in [6, 6.07) is 10.1. The molecule has 7 heteroatoms. The molecule has 1 saturated heterocycles. The van der Waals surface area contributed by atoms with Crippen molar-refractivity contribution in [2.45, 2.75) is 42.9 Å². The molecule has 1 atom stereocenters. The molecule has 132 valence electrons. The molecule has 2 aliphatic rings. The number of nitrogens with zero attached hydrogens (tertiary/aromatic N) is 3. The molecule has 1 aromatic carbocycles. The Morgan fingerprint density at radius 1 is 1.28 bits per heavy atom. The number of thioether (sulfide) groups is 1. The monoisotopic (exact) mass is 358 g/mol. The molecule has 0 spiro atoms. The number of hydrogen-bond donors (Lipinski definition) is 1. The summed E-state index contributed by atoms with van der Waals surface area (Å²) in [6.45, 7) is 1.40. The van der Waals surface area contributed by atoms with E-state index >= 15 is 0 Å². The Bertz CT molecular complexity index is 724. The van der Waals surface area contributed by atoms with Crippen molar-refractivity contribution in [3.63, 3.8) is 0 Å². The van der Waals surface area contributed by atoms with Gasteiger partial charge >= 0.3 is 0 Å². The number of ether oxygens (including phenoxy) is 1. The fraction of sp³-hybridized carbons (Fsp3) is 0.500. The summed E-state index contributed by atoms with van der Waals surface area (Å²) in [5, 5.41) is 8.22. The van der Waals surface area contributed by atoms with E-state index in [-0.39, 0.29) is 12.0 Å². The molecule has 1 aliphatic carbocycles. The van der Waals surface area contributed by atoms with E-state index in [0.29, 0.717) is 23.4 Å². The van der Waals surface area contributed by atoms with Crippen molar-refractivity contribution in [1.29, 1.82) is 0 Å². The smallest absolute Gasteiger partial charge is 0.230 e. The number of nitrogens with one attached hydrogen (secondary N) is 1. The Morgan fingerprint density at radius 2 is 2.12 bits per heavy atom. The summed E-state index contributed by atoms with van der Waals surface area (Å²) in [4.78, 5) is 16.7. The molecule has 0 bridgehead atoms. The SMILES string of the molecule is O=C(CSc1nc(C2CC2)n(-c2ccccc2)n1)NC[C@H]1CCCO1. The predicted molar refractivity (Wildman–Crippen MR) is 96.0 cm³/mol. The van der Waals surface area contributed by atoms with Gasteiger partial charge in [0.05, 0.1) is 17.5 Å². The number of carbonyl (C=O) groups excluding carboxylic acids is 1. The van der Waals surface area contributed by atoms with Gasteiger partial charge in [0.2, 0.25) is 11.1 Å². The van der Waals surface area contributed by atoms with Crippen LogP contribution in [0.5, 0.6) is 0 Å². The van der Waals surface area contributed by atoms with Crippen LogP contribution in [0.25, 0.3) is 5.69 Å². The molecule has 1 saturated carbocycles. The number of benzene rings is 1. The van der Waals surface area contributed by atoms with Crippen LogP contribution in [-0.4, -0.2) is 45.7 Å². The van der Waals surface area contributed by atoms with Gasteiger partial charge in [0, 0.05) is 19.1 Å². The van der Waals surface area contributed by atoms with Crippen molar-refractivity contribution in [1.82, 2.24) is 20.1 Å². The van der Waals surface area contributed by atoms with E-state index in [9.17, 15) is 4.79 Å². The van der Waals surface area contributed by atoms with E-state index in [0.717, 1.165) is 43.8 Å². The van der Waals surface area contributed by atoms with Crippen LogP contribution in [0, 0.1) is 0 Å². The van der Waals surface area contributed by atoms with Gasteiger partial charge in [-0.25, -0.2) is 9.67 Å². The summed E-state index contributed by atoms with van der Waals surface area (Å²) >= 11 is 1.39. The lowest BCUT2D eigenvalue weighted by Crippen LogP contribution is -2.32. The Kier molecular flexibility index (Phi) is 5.03. The molecule has 0 unspecified atom stereocenters. The lowest BCUT2D eigenvalue weighted by Gasteiger charge is -2.09. The quantitative estimate of drug-likeness (QED) is 0.770. The highest BCUT2D eigenvalue weighted by molar-refractivity contribution is 7.99. The predicted octanol–water partition coefficient (Wildman–Crippen LogP) is 2.53. The zero-order chi connectivity index (χ0) is 17.1. The fourth-order valence-corrected chi connectivity index (χ4v) is 3.60. The Balaban J connectivity index is 1.36. The van der Waals surface area contributed by atoms with E-state index in [1.165, 1.54) is 11.8 Å². The number of carbonyl (C=O) groups is 1. The average Bonchev–Trinajstić information content (AvgIpc) is 3.19. The highest BCUT2D eigenvalue weighted by Gasteiger charge is 2.30. The average molecular weight is 358 g/mol. The van der Waals surface area contributed by atoms with E-state index in [4.69, 9.17) is 4.74 Å². The van der Waals surface area contributed by atoms with E-state index in [2.05, 4.69) is 15.4 Å². The third-order valence-electron chi connectivity index (χ3n) is 4.44. The summed E-state index contributed by atoms with van der Waals surface area (Å²) < 4.78 is 7.44. The summed E-state index contributed by atoms with van der Waals surface area (Å²) in [5.74, 6) is 1.84. The topological polar surface area (TPSA) is 69.0 Å². The normalized spacial score (nSPS) is 19.9. The van der Waals surface area contributed by atoms with Crippen LogP contribution in [0.15, 0.2) is 35.5 Å². The van der Waals surface area contributed by atoms with Gasteiger partial charge in [-0.3, -0.25) is 4.79 Å². The van der Waals surface area contributed by atoms with Gasteiger partial charge in [-0.15, -0.1) is 5.10 Å². The van der Waals surface area contributed by atoms with Crippen molar-refractivity contribution >= 4 is 17.7 Å². The molecule has 1 aromatic heterocycles. The van der Waals surface area contributed by atoms with E-state index in [1.807, 2.05) is 35.0 Å². The molecule has 2 fully saturated rings. The third-order valence-corrected chi connectivity index (χ3v) is 5.28. The summed E-state index contributed by atoms with van der Waals surface area (Å²) in [6.07, 6.45) is 4.61. The fourth-order valence-electron chi connectivity index (χ4n) is 2.94. The van der Waals surface area contributed by atoms with Crippen molar-refractivity contribution in [3.05, 3.63) is 36.2 Å². The van der Waals surface area contributed by atoms with Crippen molar-refractivity contribution < 1.29 is 9.53 Å². The second kappa shape index (κ2) is 7.58. The first kappa shape index (κ1) is 16.6. The molecule has 2 heterocycles. The summed E-state index contributed by atoms with van der Waals surface area (Å²) in [7, 11) is 0. The van der Waals surface area contributed by atoms with Crippen LogP contribution in [0.2, 0.25) is 0 Å². The highest BCUT2D eigenvalue weighted by atomic mass is 32.2. The van der Waals surface area contributed by atoms with Gasteiger partial charge in [0.15, 0.2) is 0 Å². The molecule has 1 N–H and O–H groups in total. The second-order valence-corrected chi connectivity index (χ2v) is 7.44. The first-order valence-corrected chi connectivity index (χ1v) is 9.81. The number of para-hydroxylation sites is 1. The zero-order valence-electron chi connectivity index (χ0n) is 14.1.